The van der Waals surface area contributed by atoms with Crippen LogP contribution >= 0.6 is 0 Å². The molecule has 0 heterocycles. The zero-order valence-electron chi connectivity index (χ0n) is 8.70. The first kappa shape index (κ1) is 15.3. The first-order chi connectivity index (χ1) is 7.11. The van der Waals surface area contributed by atoms with Crippen molar-refractivity contribution >= 4 is 25.8 Å². The van der Waals surface area contributed by atoms with E-state index in [1.54, 1.807) is 4.72 Å². The molecule has 0 aliphatic heterocycles. The molecular formula is C6H13NO7S2. The Hall–Kier alpha value is -0.710. The fourth-order valence-electron chi connectivity index (χ4n) is 0.835. The Morgan fingerprint density at radius 2 is 1.88 bits per heavy atom. The molecule has 0 amide bonds. The van der Waals surface area contributed by atoms with Crippen LogP contribution in [-0.2, 0) is 29.4 Å². The Labute approximate surface area is 93.6 Å². The number of esters is 1. The number of aliphatic hydroxyl groups excluding tert-OH is 1. The van der Waals surface area contributed by atoms with Crippen LogP contribution < -0.4 is 4.72 Å². The topological polar surface area (TPSA) is 127 Å². The van der Waals surface area contributed by atoms with Gasteiger partial charge in [0.05, 0.1) is 13.7 Å². The van der Waals surface area contributed by atoms with E-state index in [1.807, 2.05) is 0 Å². The summed E-state index contributed by atoms with van der Waals surface area (Å²) in [5.74, 6) is -1.00. The van der Waals surface area contributed by atoms with Gasteiger partial charge in [0, 0.05) is 6.26 Å². The first-order valence-corrected chi connectivity index (χ1v) is 7.69. The predicted octanol–water partition coefficient (Wildman–Crippen LogP) is -2.56. The molecule has 0 aliphatic rings. The van der Waals surface area contributed by atoms with Crippen LogP contribution in [0.3, 0.4) is 0 Å². The van der Waals surface area contributed by atoms with E-state index in [9.17, 15) is 21.6 Å². The fourth-order valence-corrected chi connectivity index (χ4v) is 3.97. The number of sulfonamides is 1. The number of carbonyl (C=O) groups is 1. The highest BCUT2D eigenvalue weighted by molar-refractivity contribution is 8.06. The van der Waals surface area contributed by atoms with Gasteiger partial charge >= 0.3 is 5.97 Å². The quantitative estimate of drug-likeness (QED) is 0.510. The summed E-state index contributed by atoms with van der Waals surface area (Å²) in [6, 6.07) is -1.50. The van der Waals surface area contributed by atoms with Gasteiger partial charge in [-0.2, -0.15) is 4.72 Å². The third kappa shape index (κ3) is 6.00. The molecule has 16 heavy (non-hydrogen) atoms. The summed E-state index contributed by atoms with van der Waals surface area (Å²) in [6.07, 6.45) is 0.734. The van der Waals surface area contributed by atoms with Crippen LogP contribution in [0.2, 0.25) is 0 Å². The lowest BCUT2D eigenvalue weighted by Gasteiger charge is -2.13. The lowest BCUT2D eigenvalue weighted by atomic mass is 10.3. The van der Waals surface area contributed by atoms with Crippen molar-refractivity contribution in [1.82, 2.24) is 4.72 Å². The molecule has 0 spiro atoms. The van der Waals surface area contributed by atoms with Crippen LogP contribution in [0.5, 0.6) is 0 Å². The van der Waals surface area contributed by atoms with Gasteiger partial charge in [-0.15, -0.1) is 0 Å². The Kier molecular flexibility index (Phi) is 5.32. The number of hydrogen-bond donors (Lipinski definition) is 2. The van der Waals surface area contributed by atoms with Crippen molar-refractivity contribution in [2.45, 2.75) is 6.04 Å². The van der Waals surface area contributed by atoms with Crippen molar-refractivity contribution in [3.05, 3.63) is 0 Å². The van der Waals surface area contributed by atoms with Crippen LogP contribution in [-0.4, -0.2) is 59.0 Å². The maximum absolute atomic E-state index is 11.2. The summed E-state index contributed by atoms with van der Waals surface area (Å²) in [6.45, 7) is -0.824. The van der Waals surface area contributed by atoms with Gasteiger partial charge in [-0.3, -0.25) is 4.79 Å². The van der Waals surface area contributed by atoms with Gasteiger partial charge in [-0.25, -0.2) is 16.8 Å². The Morgan fingerprint density at radius 1 is 1.38 bits per heavy atom. The van der Waals surface area contributed by atoms with E-state index < -0.39 is 43.6 Å². The van der Waals surface area contributed by atoms with Gasteiger partial charge in [0.25, 0.3) is 0 Å². The molecule has 1 unspecified atom stereocenters. The van der Waals surface area contributed by atoms with Crippen molar-refractivity contribution in [2.75, 3.05) is 25.1 Å². The molecule has 0 rings (SSSR count). The third-order valence-electron chi connectivity index (χ3n) is 1.36. The first-order valence-electron chi connectivity index (χ1n) is 3.97. The number of nitrogens with one attached hydrogen (secondary N) is 1. The smallest absolute Gasteiger partial charge is 0.326 e. The van der Waals surface area contributed by atoms with Gasteiger partial charge in [-0.05, 0) is 0 Å². The van der Waals surface area contributed by atoms with E-state index in [0.717, 1.165) is 13.4 Å². The Morgan fingerprint density at radius 3 is 2.19 bits per heavy atom. The summed E-state index contributed by atoms with van der Waals surface area (Å²) in [7, 11) is -6.95. The van der Waals surface area contributed by atoms with E-state index in [2.05, 4.69) is 4.74 Å². The monoisotopic (exact) mass is 275 g/mol. The standard InChI is InChI=1S/C6H13NO7S2/c1-14-6(9)5(3-8)7-16(12,13)4-15(2,10)11/h5,7-8H,3-4H2,1-2H3. The molecule has 0 fully saturated rings. The number of carbonyl (C=O) groups excluding carboxylic acids is 1. The highest BCUT2D eigenvalue weighted by Gasteiger charge is 2.26. The average molecular weight is 275 g/mol. The fraction of sp³-hybridized carbons (Fsp3) is 0.833. The van der Waals surface area contributed by atoms with Crippen LogP contribution in [0, 0.1) is 0 Å². The maximum Gasteiger partial charge on any atom is 0.326 e. The molecule has 10 heteroatoms. The number of hydrogen-bond acceptors (Lipinski definition) is 7. The predicted molar refractivity (Wildman–Crippen MR) is 54.7 cm³/mol. The minimum Gasteiger partial charge on any atom is -0.468 e. The van der Waals surface area contributed by atoms with Gasteiger partial charge < -0.3 is 9.84 Å². The Balaban J connectivity index is 4.76. The lowest BCUT2D eigenvalue weighted by molar-refractivity contribution is -0.143. The molecule has 0 aromatic heterocycles. The minimum atomic E-state index is -4.20. The van der Waals surface area contributed by atoms with E-state index in [1.165, 1.54) is 0 Å². The molecule has 0 aromatic carbocycles. The van der Waals surface area contributed by atoms with E-state index in [-0.39, 0.29) is 0 Å². The summed E-state index contributed by atoms with van der Waals surface area (Å²) in [5.41, 5.74) is 0. The average Bonchev–Trinajstić information content (AvgIpc) is 2.09. The summed E-state index contributed by atoms with van der Waals surface area (Å²) < 4.78 is 49.9. The number of sulfone groups is 1. The second-order valence-electron chi connectivity index (χ2n) is 3.03. The summed E-state index contributed by atoms with van der Waals surface area (Å²) >= 11 is 0. The molecule has 0 aromatic rings. The molecule has 0 saturated heterocycles. The highest BCUT2D eigenvalue weighted by atomic mass is 32.3. The molecule has 0 aliphatic carbocycles. The number of aliphatic hydroxyl groups is 1. The van der Waals surface area contributed by atoms with Gasteiger partial charge in [0.1, 0.15) is 6.04 Å². The lowest BCUT2D eigenvalue weighted by Crippen LogP contribution is -2.45. The second-order valence-corrected chi connectivity index (χ2v) is 7.29. The number of rotatable bonds is 6. The van der Waals surface area contributed by atoms with Crippen molar-refractivity contribution in [3.8, 4) is 0 Å². The summed E-state index contributed by atoms with van der Waals surface area (Å²) in [4.78, 5) is 10.9. The van der Waals surface area contributed by atoms with Crippen LogP contribution in [0.15, 0.2) is 0 Å². The molecule has 0 saturated carbocycles. The van der Waals surface area contributed by atoms with E-state index in [0.29, 0.717) is 0 Å². The van der Waals surface area contributed by atoms with E-state index >= 15 is 0 Å². The normalized spacial score (nSPS) is 14.4. The minimum absolute atomic E-state index is 0.734. The molecule has 2 N–H and O–H groups in total. The SMILES string of the molecule is COC(=O)C(CO)NS(=O)(=O)CS(C)(=O)=O. The van der Waals surface area contributed by atoms with Gasteiger partial charge in [0.2, 0.25) is 10.0 Å². The molecule has 1 atom stereocenters. The molecule has 0 radical (unpaired) electrons. The Bertz CT molecular complexity index is 437. The molecule has 96 valence electrons. The van der Waals surface area contributed by atoms with Crippen molar-refractivity contribution in [1.29, 1.82) is 0 Å². The van der Waals surface area contributed by atoms with Crippen molar-refractivity contribution in [2.24, 2.45) is 0 Å². The van der Waals surface area contributed by atoms with Crippen LogP contribution in [0.4, 0.5) is 0 Å². The van der Waals surface area contributed by atoms with Gasteiger partial charge in [0.15, 0.2) is 14.9 Å². The molecule has 8 nitrogen and oxygen atoms in total. The van der Waals surface area contributed by atoms with Crippen LogP contribution in [0.1, 0.15) is 0 Å². The van der Waals surface area contributed by atoms with E-state index in [4.69, 9.17) is 5.11 Å². The number of methoxy groups -OCH3 is 1. The zero-order valence-corrected chi connectivity index (χ0v) is 10.3. The van der Waals surface area contributed by atoms with Crippen molar-refractivity contribution < 1.29 is 31.5 Å². The zero-order chi connectivity index (χ0) is 13.0. The van der Waals surface area contributed by atoms with Gasteiger partial charge in [-0.1, -0.05) is 0 Å². The second kappa shape index (κ2) is 5.57. The molecule has 0 bridgehead atoms. The van der Waals surface area contributed by atoms with Crippen molar-refractivity contribution in [3.63, 3.8) is 0 Å². The third-order valence-corrected chi connectivity index (χ3v) is 4.96. The maximum atomic E-state index is 11.2. The van der Waals surface area contributed by atoms with Crippen LogP contribution in [0.25, 0.3) is 0 Å². The highest BCUT2D eigenvalue weighted by Crippen LogP contribution is 1.96. The largest absolute Gasteiger partial charge is 0.468 e. The molecular weight excluding hydrogens is 262 g/mol. The summed E-state index contributed by atoms with van der Waals surface area (Å²) in [5, 5.41) is 7.55. The number of ether oxygens (including phenoxy) is 1.